The zero-order chi connectivity index (χ0) is 10.1. The first-order chi connectivity index (χ1) is 6.70. The predicted octanol–water partition coefficient (Wildman–Crippen LogP) is -2.19. The quantitative estimate of drug-likeness (QED) is 0.473. The maximum Gasteiger partial charge on any atom is 1.00 e. The Bertz CT molecular complexity index is 500. The second-order valence-electron chi connectivity index (χ2n) is 2.66. The number of methoxy groups -OCH3 is 1. The first-order valence-corrected chi connectivity index (χ1v) is 4.91. The second-order valence-corrected chi connectivity index (χ2v) is 3.52. The van der Waals surface area contributed by atoms with Gasteiger partial charge in [0.1, 0.15) is 5.75 Å². The molecule has 1 aromatic carbocycles. The van der Waals surface area contributed by atoms with E-state index >= 15 is 0 Å². The molecular weight excluding hydrogens is 227 g/mol. The summed E-state index contributed by atoms with van der Waals surface area (Å²) in [6.45, 7) is 0. The van der Waals surface area contributed by atoms with Crippen LogP contribution in [0.2, 0.25) is 0 Å². The van der Waals surface area contributed by atoms with Gasteiger partial charge in [-0.3, -0.25) is 4.21 Å². The molecule has 1 atom stereocenters. The van der Waals surface area contributed by atoms with Crippen LogP contribution >= 0.6 is 0 Å². The molecule has 7 heteroatoms. The Kier molecular flexibility index (Phi) is 4.30. The van der Waals surface area contributed by atoms with Crippen LogP contribution in [0.1, 0.15) is 0 Å². The SMILES string of the molecule is COc1ccc2nc(S(=O)[O-])[nH]c2c1.[Na+]. The van der Waals surface area contributed by atoms with E-state index in [1.54, 1.807) is 25.3 Å². The maximum atomic E-state index is 10.6. The van der Waals surface area contributed by atoms with E-state index in [1.807, 2.05) is 0 Å². The zero-order valence-corrected chi connectivity index (χ0v) is 11.1. The van der Waals surface area contributed by atoms with E-state index in [4.69, 9.17) is 4.74 Å². The van der Waals surface area contributed by atoms with Crippen LogP contribution in [0.25, 0.3) is 11.0 Å². The molecule has 1 aromatic heterocycles. The van der Waals surface area contributed by atoms with Crippen molar-refractivity contribution >= 4 is 22.1 Å². The second kappa shape index (κ2) is 5.09. The van der Waals surface area contributed by atoms with Gasteiger partial charge in [-0.1, -0.05) is 0 Å². The fourth-order valence-electron chi connectivity index (χ4n) is 1.17. The Balaban J connectivity index is 0.00000112. The number of imidazole rings is 1. The third-order valence-electron chi connectivity index (χ3n) is 1.83. The minimum Gasteiger partial charge on any atom is -0.766 e. The van der Waals surface area contributed by atoms with Crippen LogP contribution < -0.4 is 34.3 Å². The van der Waals surface area contributed by atoms with E-state index in [9.17, 15) is 8.76 Å². The molecule has 0 fully saturated rings. The van der Waals surface area contributed by atoms with E-state index in [0.717, 1.165) is 0 Å². The molecule has 0 aliphatic rings. The van der Waals surface area contributed by atoms with Gasteiger partial charge < -0.3 is 14.3 Å². The molecule has 74 valence electrons. The van der Waals surface area contributed by atoms with E-state index in [0.29, 0.717) is 16.8 Å². The molecule has 15 heavy (non-hydrogen) atoms. The molecule has 1 unspecified atom stereocenters. The smallest absolute Gasteiger partial charge is 0.766 e. The normalized spacial score (nSPS) is 12.1. The van der Waals surface area contributed by atoms with Gasteiger partial charge in [0.2, 0.25) is 0 Å². The van der Waals surface area contributed by atoms with Crippen molar-refractivity contribution in [2.75, 3.05) is 7.11 Å². The molecule has 0 spiro atoms. The van der Waals surface area contributed by atoms with Gasteiger partial charge in [-0.2, -0.15) is 0 Å². The minimum atomic E-state index is -2.33. The third kappa shape index (κ3) is 2.59. The summed E-state index contributed by atoms with van der Waals surface area (Å²) < 4.78 is 26.2. The third-order valence-corrected chi connectivity index (χ3v) is 2.33. The first-order valence-electron chi connectivity index (χ1n) is 3.84. The van der Waals surface area contributed by atoms with Gasteiger partial charge in [-0.05, 0) is 12.1 Å². The molecule has 0 amide bonds. The molecule has 0 bridgehead atoms. The van der Waals surface area contributed by atoms with E-state index in [-0.39, 0.29) is 34.7 Å². The minimum absolute atomic E-state index is 0. The van der Waals surface area contributed by atoms with Crippen molar-refractivity contribution in [1.82, 2.24) is 9.97 Å². The molecule has 1 N–H and O–H groups in total. The van der Waals surface area contributed by atoms with E-state index < -0.39 is 11.1 Å². The Morgan fingerprint density at radius 1 is 1.53 bits per heavy atom. The van der Waals surface area contributed by atoms with Crippen molar-refractivity contribution in [1.29, 1.82) is 0 Å². The van der Waals surface area contributed by atoms with Crippen LogP contribution in [0.15, 0.2) is 23.4 Å². The number of rotatable bonds is 2. The number of fused-ring (bicyclic) bond motifs is 1. The average molecular weight is 234 g/mol. The summed E-state index contributed by atoms with van der Waals surface area (Å²) in [4.78, 5) is 6.53. The Labute approximate surface area is 111 Å². The van der Waals surface area contributed by atoms with Crippen LogP contribution in [0, 0.1) is 0 Å². The van der Waals surface area contributed by atoms with Crippen molar-refractivity contribution in [2.24, 2.45) is 0 Å². The number of aromatic nitrogens is 2. The fourth-order valence-corrected chi connectivity index (χ4v) is 1.54. The molecule has 0 aliphatic heterocycles. The standard InChI is InChI=1S/C8H8N2O3S.Na/c1-13-5-2-3-6-7(4-5)10-8(9-6)14(11)12;/h2-4H,1H3,(H,9,10)(H,11,12);/q;+1/p-1. The predicted molar refractivity (Wildman–Crippen MR) is 49.8 cm³/mol. The summed E-state index contributed by atoms with van der Waals surface area (Å²) in [6.07, 6.45) is 0. The number of nitrogens with one attached hydrogen (secondary N) is 1. The number of nitrogens with zero attached hydrogens (tertiary/aromatic N) is 1. The van der Waals surface area contributed by atoms with Crippen molar-refractivity contribution in [3.8, 4) is 5.75 Å². The van der Waals surface area contributed by atoms with Gasteiger partial charge in [-0.15, -0.1) is 0 Å². The maximum absolute atomic E-state index is 10.6. The van der Waals surface area contributed by atoms with Crippen molar-refractivity contribution in [3.63, 3.8) is 0 Å². The van der Waals surface area contributed by atoms with Gasteiger partial charge in [0.15, 0.2) is 5.16 Å². The summed E-state index contributed by atoms with van der Waals surface area (Å²) in [5.41, 5.74) is 1.24. The molecule has 1 heterocycles. The molecule has 0 radical (unpaired) electrons. The summed E-state index contributed by atoms with van der Waals surface area (Å²) in [7, 11) is 1.55. The number of ether oxygens (including phenoxy) is 1. The van der Waals surface area contributed by atoms with E-state index in [2.05, 4.69) is 9.97 Å². The van der Waals surface area contributed by atoms with Crippen LogP contribution in [-0.4, -0.2) is 25.8 Å². The first kappa shape index (κ1) is 12.7. The topological polar surface area (TPSA) is 78.0 Å². The summed E-state index contributed by atoms with van der Waals surface area (Å²) in [5.74, 6) is 0.657. The van der Waals surface area contributed by atoms with Gasteiger partial charge in [0.25, 0.3) is 0 Å². The monoisotopic (exact) mass is 234 g/mol. The zero-order valence-electron chi connectivity index (χ0n) is 8.31. The number of hydrogen-bond acceptors (Lipinski definition) is 4. The molecule has 5 nitrogen and oxygen atoms in total. The van der Waals surface area contributed by atoms with Crippen LogP contribution in [-0.2, 0) is 11.1 Å². The van der Waals surface area contributed by atoms with E-state index in [1.165, 1.54) is 0 Å². The number of benzene rings is 1. The van der Waals surface area contributed by atoms with Crippen molar-refractivity contribution < 1.29 is 43.1 Å². The summed E-state index contributed by atoms with van der Waals surface area (Å²) in [6, 6.07) is 5.11. The van der Waals surface area contributed by atoms with Gasteiger partial charge in [0.05, 0.1) is 18.1 Å². The summed E-state index contributed by atoms with van der Waals surface area (Å²) >= 11 is -2.33. The van der Waals surface area contributed by atoms with Gasteiger partial charge in [-0.25, -0.2) is 4.98 Å². The number of aromatic amines is 1. The largest absolute Gasteiger partial charge is 1.00 e. The van der Waals surface area contributed by atoms with Crippen LogP contribution in [0.4, 0.5) is 0 Å². The van der Waals surface area contributed by atoms with Crippen molar-refractivity contribution in [3.05, 3.63) is 18.2 Å². The van der Waals surface area contributed by atoms with Gasteiger partial charge >= 0.3 is 29.6 Å². The Hall–Kier alpha value is -0.400. The molecule has 0 saturated heterocycles. The van der Waals surface area contributed by atoms with Crippen molar-refractivity contribution in [2.45, 2.75) is 5.16 Å². The molecule has 2 rings (SSSR count). The number of H-pyrrole nitrogens is 1. The number of hydrogen-bond donors (Lipinski definition) is 1. The summed E-state index contributed by atoms with van der Waals surface area (Å²) in [5, 5.41) is -0.0618. The molecular formula is C8H7N2NaO3S. The molecule has 0 saturated carbocycles. The van der Waals surface area contributed by atoms with Gasteiger partial charge in [0, 0.05) is 17.1 Å². The Morgan fingerprint density at radius 2 is 2.27 bits per heavy atom. The molecule has 2 aromatic rings. The Morgan fingerprint density at radius 3 is 2.87 bits per heavy atom. The fraction of sp³-hybridized carbons (Fsp3) is 0.125. The molecule has 0 aliphatic carbocycles. The average Bonchev–Trinajstić information content (AvgIpc) is 2.59. The van der Waals surface area contributed by atoms with Crippen LogP contribution in [0.5, 0.6) is 5.75 Å². The van der Waals surface area contributed by atoms with Crippen LogP contribution in [0.3, 0.4) is 0 Å².